The first-order chi connectivity index (χ1) is 12.4. The summed E-state index contributed by atoms with van der Waals surface area (Å²) >= 11 is 5.80. The van der Waals surface area contributed by atoms with E-state index in [1.54, 1.807) is 19.2 Å². The van der Waals surface area contributed by atoms with Crippen LogP contribution in [0.25, 0.3) is 0 Å². The number of carbonyl (C=O) groups excluding carboxylic acids is 1. The molecule has 140 valence electrons. The molecule has 0 heterocycles. The Morgan fingerprint density at radius 2 is 1.85 bits per heavy atom. The normalized spacial score (nSPS) is 11.2. The number of sulfonamides is 1. The standard InChI is InChI=1S/C18H21ClN2O4S/c1-25-16-8-5-14(6-9-16)7-10-18(22)20-11-12-21-26(23,24)17-4-2-3-15(19)13-17/h2-6,8-9,13,21H,7,10-12H2,1H3,(H,20,22). The maximum atomic E-state index is 12.1. The molecule has 0 bridgehead atoms. The lowest BCUT2D eigenvalue weighted by Gasteiger charge is -2.08. The summed E-state index contributed by atoms with van der Waals surface area (Å²) in [6, 6.07) is 13.5. The average molecular weight is 397 g/mol. The van der Waals surface area contributed by atoms with Crippen molar-refractivity contribution in [3.8, 4) is 5.75 Å². The molecule has 0 atom stereocenters. The number of benzene rings is 2. The molecule has 0 aromatic heterocycles. The molecule has 8 heteroatoms. The monoisotopic (exact) mass is 396 g/mol. The summed E-state index contributed by atoms with van der Waals surface area (Å²) in [5.74, 6) is 0.632. The van der Waals surface area contributed by atoms with Gasteiger partial charge in [0, 0.05) is 24.5 Å². The zero-order valence-electron chi connectivity index (χ0n) is 14.4. The van der Waals surface area contributed by atoms with Gasteiger partial charge in [0.1, 0.15) is 5.75 Å². The molecule has 0 aliphatic rings. The first kappa shape index (κ1) is 20.2. The summed E-state index contributed by atoms with van der Waals surface area (Å²) in [6.07, 6.45) is 0.928. The number of halogens is 1. The molecule has 2 N–H and O–H groups in total. The van der Waals surface area contributed by atoms with Gasteiger partial charge in [-0.05, 0) is 42.3 Å². The molecule has 1 amide bonds. The highest BCUT2D eigenvalue weighted by molar-refractivity contribution is 7.89. The van der Waals surface area contributed by atoms with E-state index in [1.165, 1.54) is 12.1 Å². The van der Waals surface area contributed by atoms with Gasteiger partial charge in [0.25, 0.3) is 0 Å². The van der Waals surface area contributed by atoms with Gasteiger partial charge in [0.05, 0.1) is 12.0 Å². The Bertz CT molecular complexity index is 839. The van der Waals surface area contributed by atoms with E-state index in [-0.39, 0.29) is 23.9 Å². The van der Waals surface area contributed by atoms with Crippen LogP contribution in [0.5, 0.6) is 5.75 Å². The molecule has 26 heavy (non-hydrogen) atoms. The van der Waals surface area contributed by atoms with Crippen molar-refractivity contribution >= 4 is 27.5 Å². The molecule has 2 rings (SSSR count). The summed E-state index contributed by atoms with van der Waals surface area (Å²) in [5, 5.41) is 3.04. The number of amides is 1. The first-order valence-electron chi connectivity index (χ1n) is 8.05. The molecule has 0 saturated carbocycles. The smallest absolute Gasteiger partial charge is 0.240 e. The second kappa shape index (κ2) is 9.56. The summed E-state index contributed by atoms with van der Waals surface area (Å²) in [6.45, 7) is 0.310. The van der Waals surface area contributed by atoms with Crippen molar-refractivity contribution in [2.24, 2.45) is 0 Å². The highest BCUT2D eigenvalue weighted by Gasteiger charge is 2.13. The zero-order chi connectivity index (χ0) is 19.0. The van der Waals surface area contributed by atoms with Crippen LogP contribution in [-0.2, 0) is 21.2 Å². The van der Waals surface area contributed by atoms with E-state index in [4.69, 9.17) is 16.3 Å². The van der Waals surface area contributed by atoms with Crippen LogP contribution in [0, 0.1) is 0 Å². The fourth-order valence-electron chi connectivity index (χ4n) is 2.24. The summed E-state index contributed by atoms with van der Waals surface area (Å²) in [5.41, 5.74) is 1.03. The molecule has 0 unspecified atom stereocenters. The Hall–Kier alpha value is -2.09. The predicted octanol–water partition coefficient (Wildman–Crippen LogP) is 2.38. The second-order valence-electron chi connectivity index (χ2n) is 5.55. The first-order valence-corrected chi connectivity index (χ1v) is 9.92. The molecule has 0 fully saturated rings. The number of hydrogen-bond donors (Lipinski definition) is 2. The van der Waals surface area contributed by atoms with Crippen molar-refractivity contribution in [3.63, 3.8) is 0 Å². The third-order valence-electron chi connectivity index (χ3n) is 3.65. The van der Waals surface area contributed by atoms with Gasteiger partial charge in [-0.15, -0.1) is 0 Å². The molecule has 2 aromatic rings. The predicted molar refractivity (Wildman–Crippen MR) is 101 cm³/mol. The molecule has 0 aliphatic heterocycles. The van der Waals surface area contributed by atoms with E-state index in [0.717, 1.165) is 11.3 Å². The van der Waals surface area contributed by atoms with Crippen molar-refractivity contribution in [2.45, 2.75) is 17.7 Å². The van der Waals surface area contributed by atoms with Gasteiger partial charge in [-0.2, -0.15) is 0 Å². The van der Waals surface area contributed by atoms with E-state index in [9.17, 15) is 13.2 Å². The average Bonchev–Trinajstić information content (AvgIpc) is 2.64. The maximum Gasteiger partial charge on any atom is 0.240 e. The number of carbonyl (C=O) groups is 1. The lowest BCUT2D eigenvalue weighted by atomic mass is 10.1. The highest BCUT2D eigenvalue weighted by atomic mass is 35.5. The topological polar surface area (TPSA) is 84.5 Å². The van der Waals surface area contributed by atoms with Crippen LogP contribution in [0.2, 0.25) is 5.02 Å². The van der Waals surface area contributed by atoms with Crippen molar-refractivity contribution in [1.82, 2.24) is 10.0 Å². The minimum atomic E-state index is -3.64. The zero-order valence-corrected chi connectivity index (χ0v) is 15.9. The van der Waals surface area contributed by atoms with Gasteiger partial charge in [-0.3, -0.25) is 4.79 Å². The Labute approximate surface area is 158 Å². The molecule has 0 spiro atoms. The molecular weight excluding hydrogens is 376 g/mol. The van der Waals surface area contributed by atoms with Gasteiger partial charge in [-0.1, -0.05) is 29.8 Å². The van der Waals surface area contributed by atoms with Gasteiger partial charge < -0.3 is 10.1 Å². The van der Waals surface area contributed by atoms with E-state index in [0.29, 0.717) is 17.9 Å². The van der Waals surface area contributed by atoms with Gasteiger partial charge in [0.2, 0.25) is 15.9 Å². The van der Waals surface area contributed by atoms with Crippen molar-refractivity contribution in [2.75, 3.05) is 20.2 Å². The SMILES string of the molecule is COc1ccc(CCC(=O)NCCNS(=O)(=O)c2cccc(Cl)c2)cc1. The summed E-state index contributed by atoms with van der Waals surface area (Å²) in [4.78, 5) is 11.9. The van der Waals surface area contributed by atoms with Crippen molar-refractivity contribution in [3.05, 3.63) is 59.1 Å². The number of aryl methyl sites for hydroxylation is 1. The maximum absolute atomic E-state index is 12.1. The molecule has 2 aromatic carbocycles. The van der Waals surface area contributed by atoms with Crippen LogP contribution in [0.1, 0.15) is 12.0 Å². The molecule has 0 aliphatic carbocycles. The van der Waals surface area contributed by atoms with E-state index in [2.05, 4.69) is 10.0 Å². The number of methoxy groups -OCH3 is 1. The summed E-state index contributed by atoms with van der Waals surface area (Å²) < 4.78 is 31.7. The third-order valence-corrected chi connectivity index (χ3v) is 5.34. The number of nitrogens with one attached hydrogen (secondary N) is 2. The van der Waals surface area contributed by atoms with Gasteiger partial charge in [-0.25, -0.2) is 13.1 Å². The number of ether oxygens (including phenoxy) is 1. The molecule has 0 saturated heterocycles. The third kappa shape index (κ3) is 6.33. The number of hydrogen-bond acceptors (Lipinski definition) is 4. The Morgan fingerprint density at radius 1 is 1.12 bits per heavy atom. The quantitative estimate of drug-likeness (QED) is 0.637. The lowest BCUT2D eigenvalue weighted by molar-refractivity contribution is -0.121. The van der Waals surface area contributed by atoms with E-state index >= 15 is 0 Å². The van der Waals surface area contributed by atoms with Gasteiger partial charge >= 0.3 is 0 Å². The van der Waals surface area contributed by atoms with Crippen molar-refractivity contribution in [1.29, 1.82) is 0 Å². The molecular formula is C18H21ClN2O4S. The van der Waals surface area contributed by atoms with Crippen LogP contribution in [0.15, 0.2) is 53.4 Å². The Morgan fingerprint density at radius 3 is 2.50 bits per heavy atom. The molecule has 6 nitrogen and oxygen atoms in total. The van der Waals surface area contributed by atoms with E-state index in [1.807, 2.05) is 24.3 Å². The molecule has 0 radical (unpaired) electrons. The van der Waals surface area contributed by atoms with Crippen LogP contribution in [-0.4, -0.2) is 34.5 Å². The highest BCUT2D eigenvalue weighted by Crippen LogP contribution is 2.15. The fraction of sp³-hybridized carbons (Fsp3) is 0.278. The Balaban J connectivity index is 1.71. The second-order valence-corrected chi connectivity index (χ2v) is 7.76. The van der Waals surface area contributed by atoms with Crippen LogP contribution >= 0.6 is 11.6 Å². The minimum Gasteiger partial charge on any atom is -0.497 e. The number of rotatable bonds is 9. The lowest BCUT2D eigenvalue weighted by Crippen LogP contribution is -2.34. The van der Waals surface area contributed by atoms with Crippen LogP contribution in [0.4, 0.5) is 0 Å². The van der Waals surface area contributed by atoms with E-state index < -0.39 is 10.0 Å². The summed E-state index contributed by atoms with van der Waals surface area (Å²) in [7, 11) is -2.04. The Kier molecular flexibility index (Phi) is 7.44. The van der Waals surface area contributed by atoms with Crippen LogP contribution < -0.4 is 14.8 Å². The van der Waals surface area contributed by atoms with Crippen LogP contribution in [0.3, 0.4) is 0 Å². The minimum absolute atomic E-state index is 0.0934. The van der Waals surface area contributed by atoms with Gasteiger partial charge in [0.15, 0.2) is 0 Å². The fourth-order valence-corrected chi connectivity index (χ4v) is 3.58. The van der Waals surface area contributed by atoms with Crippen molar-refractivity contribution < 1.29 is 17.9 Å². The largest absolute Gasteiger partial charge is 0.497 e.